The third-order valence-electron chi connectivity index (χ3n) is 2.99. The van der Waals surface area contributed by atoms with Gasteiger partial charge < -0.3 is 4.98 Å². The summed E-state index contributed by atoms with van der Waals surface area (Å²) in [6.45, 7) is 4.31. The lowest BCUT2D eigenvalue weighted by atomic mass is 10.1. The second kappa shape index (κ2) is 4.18. The van der Waals surface area contributed by atoms with Crippen LogP contribution >= 0.6 is 0 Å². The minimum absolute atomic E-state index is 0.146. The number of sulfonamides is 1. The predicted octanol–water partition coefficient (Wildman–Crippen LogP) is 1.04. The first-order valence-corrected chi connectivity index (χ1v) is 6.98. The summed E-state index contributed by atoms with van der Waals surface area (Å²) in [5.41, 5.74) is 0. The molecule has 90 valence electrons. The molecule has 1 fully saturated rings. The van der Waals surface area contributed by atoms with Crippen molar-refractivity contribution in [3.63, 3.8) is 0 Å². The van der Waals surface area contributed by atoms with Crippen LogP contribution in [-0.2, 0) is 10.0 Å². The first-order chi connectivity index (χ1) is 7.49. The van der Waals surface area contributed by atoms with Crippen LogP contribution in [0.3, 0.4) is 0 Å². The molecule has 1 saturated carbocycles. The van der Waals surface area contributed by atoms with E-state index in [4.69, 9.17) is 0 Å². The fraction of sp³-hybridized carbons (Fsp3) is 0.700. The van der Waals surface area contributed by atoms with Crippen molar-refractivity contribution >= 4 is 10.0 Å². The highest BCUT2D eigenvalue weighted by Crippen LogP contribution is 2.36. The van der Waals surface area contributed by atoms with Crippen LogP contribution in [0.25, 0.3) is 0 Å². The molecule has 1 heterocycles. The van der Waals surface area contributed by atoms with Gasteiger partial charge in [-0.05, 0) is 31.6 Å². The minimum Gasteiger partial charge on any atom is -0.332 e. The predicted molar refractivity (Wildman–Crippen MR) is 60.4 cm³/mol. The second-order valence-corrected chi connectivity index (χ2v) is 6.23. The number of aryl methyl sites for hydroxylation is 1. The van der Waals surface area contributed by atoms with Gasteiger partial charge in [0.2, 0.25) is 0 Å². The Labute approximate surface area is 95.7 Å². The van der Waals surface area contributed by atoms with Crippen LogP contribution < -0.4 is 4.72 Å². The normalized spacial score (nSPS) is 18.6. The van der Waals surface area contributed by atoms with Crippen molar-refractivity contribution in [2.75, 3.05) is 6.54 Å². The molecular weight excluding hydrogens is 226 g/mol. The van der Waals surface area contributed by atoms with Gasteiger partial charge in [0, 0.05) is 6.54 Å². The van der Waals surface area contributed by atoms with Crippen molar-refractivity contribution in [1.82, 2.24) is 14.7 Å². The molecule has 5 nitrogen and oxygen atoms in total. The Hall–Kier alpha value is -0.880. The van der Waals surface area contributed by atoms with E-state index in [0.29, 0.717) is 24.2 Å². The van der Waals surface area contributed by atoms with Crippen molar-refractivity contribution in [2.45, 2.75) is 31.7 Å². The van der Waals surface area contributed by atoms with Crippen molar-refractivity contribution < 1.29 is 8.42 Å². The van der Waals surface area contributed by atoms with Gasteiger partial charge in [-0.3, -0.25) is 0 Å². The molecule has 0 bridgehead atoms. The molecule has 1 aliphatic carbocycles. The van der Waals surface area contributed by atoms with Crippen molar-refractivity contribution in [3.05, 3.63) is 12.0 Å². The van der Waals surface area contributed by atoms with E-state index in [-0.39, 0.29) is 5.03 Å². The fourth-order valence-electron chi connectivity index (χ4n) is 1.69. The van der Waals surface area contributed by atoms with Gasteiger partial charge in [-0.25, -0.2) is 18.1 Å². The molecule has 1 aliphatic rings. The van der Waals surface area contributed by atoms with Gasteiger partial charge in [0.1, 0.15) is 5.82 Å². The number of aromatic amines is 1. The molecule has 16 heavy (non-hydrogen) atoms. The van der Waals surface area contributed by atoms with Crippen molar-refractivity contribution in [1.29, 1.82) is 0 Å². The summed E-state index contributed by atoms with van der Waals surface area (Å²) >= 11 is 0. The van der Waals surface area contributed by atoms with E-state index in [1.807, 2.05) is 0 Å². The Kier molecular flexibility index (Phi) is 3.03. The van der Waals surface area contributed by atoms with Gasteiger partial charge in [0.25, 0.3) is 10.0 Å². The van der Waals surface area contributed by atoms with Crippen molar-refractivity contribution in [3.8, 4) is 0 Å². The van der Waals surface area contributed by atoms with E-state index in [1.165, 1.54) is 19.0 Å². The highest BCUT2D eigenvalue weighted by atomic mass is 32.2. The molecule has 0 amide bonds. The quantitative estimate of drug-likeness (QED) is 0.811. The fourth-order valence-corrected chi connectivity index (χ4v) is 2.80. The number of nitrogens with one attached hydrogen (secondary N) is 2. The van der Waals surface area contributed by atoms with Gasteiger partial charge in [-0.1, -0.05) is 6.92 Å². The molecule has 1 atom stereocenters. The molecule has 0 saturated heterocycles. The van der Waals surface area contributed by atoms with E-state index < -0.39 is 10.0 Å². The molecule has 0 aliphatic heterocycles. The van der Waals surface area contributed by atoms with Gasteiger partial charge >= 0.3 is 0 Å². The first-order valence-electron chi connectivity index (χ1n) is 5.50. The number of rotatable bonds is 5. The highest BCUT2D eigenvalue weighted by Gasteiger charge is 2.29. The first kappa shape index (κ1) is 11.6. The van der Waals surface area contributed by atoms with Crippen LogP contribution in [-0.4, -0.2) is 24.9 Å². The van der Waals surface area contributed by atoms with Crippen LogP contribution in [0.5, 0.6) is 0 Å². The lowest BCUT2D eigenvalue weighted by Crippen LogP contribution is -2.29. The Balaban J connectivity index is 1.97. The lowest BCUT2D eigenvalue weighted by molar-refractivity contribution is 0.491. The zero-order chi connectivity index (χ0) is 11.8. The molecule has 6 heteroatoms. The molecule has 2 N–H and O–H groups in total. The monoisotopic (exact) mass is 243 g/mol. The van der Waals surface area contributed by atoms with Crippen LogP contribution in [0.1, 0.15) is 25.6 Å². The number of nitrogens with zero attached hydrogens (tertiary/aromatic N) is 1. The number of imidazole rings is 1. The number of hydrogen-bond donors (Lipinski definition) is 2. The van der Waals surface area contributed by atoms with E-state index >= 15 is 0 Å². The molecular formula is C10H17N3O2S. The van der Waals surface area contributed by atoms with Gasteiger partial charge in [-0.15, -0.1) is 0 Å². The molecule has 0 radical (unpaired) electrons. The molecule has 0 aromatic carbocycles. The van der Waals surface area contributed by atoms with Crippen LogP contribution in [0, 0.1) is 18.8 Å². The maximum Gasteiger partial charge on any atom is 0.257 e. The Morgan fingerprint density at radius 3 is 2.81 bits per heavy atom. The zero-order valence-electron chi connectivity index (χ0n) is 9.53. The second-order valence-electron chi connectivity index (χ2n) is 4.50. The Bertz CT molecular complexity index is 462. The smallest absolute Gasteiger partial charge is 0.257 e. The third kappa shape index (κ3) is 2.62. The summed E-state index contributed by atoms with van der Waals surface area (Å²) in [6, 6.07) is 0. The van der Waals surface area contributed by atoms with Gasteiger partial charge in [0.15, 0.2) is 5.03 Å². The molecule has 0 spiro atoms. The average molecular weight is 243 g/mol. The maximum atomic E-state index is 11.8. The average Bonchev–Trinajstić information content (AvgIpc) is 2.98. The largest absolute Gasteiger partial charge is 0.332 e. The third-order valence-corrected chi connectivity index (χ3v) is 4.32. The molecule has 1 unspecified atom stereocenters. The van der Waals surface area contributed by atoms with E-state index in [9.17, 15) is 8.42 Å². The van der Waals surface area contributed by atoms with E-state index in [0.717, 1.165) is 0 Å². The van der Waals surface area contributed by atoms with Gasteiger partial charge in [-0.2, -0.15) is 0 Å². The summed E-state index contributed by atoms with van der Waals surface area (Å²) in [5, 5.41) is 0.146. The molecule has 2 rings (SSSR count). The Morgan fingerprint density at radius 2 is 2.31 bits per heavy atom. The Morgan fingerprint density at radius 1 is 1.62 bits per heavy atom. The van der Waals surface area contributed by atoms with E-state index in [1.54, 1.807) is 6.92 Å². The summed E-state index contributed by atoms with van der Waals surface area (Å²) in [4.78, 5) is 6.61. The number of H-pyrrole nitrogens is 1. The molecule has 1 aromatic rings. The summed E-state index contributed by atoms with van der Waals surface area (Å²) in [5.74, 6) is 1.72. The van der Waals surface area contributed by atoms with Gasteiger partial charge in [0.05, 0.1) is 6.20 Å². The summed E-state index contributed by atoms with van der Waals surface area (Å²) in [7, 11) is -3.41. The van der Waals surface area contributed by atoms with Crippen LogP contribution in [0.15, 0.2) is 11.2 Å². The van der Waals surface area contributed by atoms with Crippen LogP contribution in [0.2, 0.25) is 0 Å². The van der Waals surface area contributed by atoms with Crippen molar-refractivity contribution in [2.24, 2.45) is 11.8 Å². The van der Waals surface area contributed by atoms with Crippen LogP contribution in [0.4, 0.5) is 0 Å². The number of aromatic nitrogens is 2. The topological polar surface area (TPSA) is 74.8 Å². The minimum atomic E-state index is -3.41. The SMILES string of the molecule is Cc1ncc(S(=O)(=O)NCC(C)C2CC2)[nH]1. The summed E-state index contributed by atoms with van der Waals surface area (Å²) in [6.07, 6.45) is 3.80. The highest BCUT2D eigenvalue weighted by molar-refractivity contribution is 7.89. The zero-order valence-corrected chi connectivity index (χ0v) is 10.3. The standard InChI is InChI=1S/C10H17N3O2S/c1-7(9-3-4-9)5-12-16(14,15)10-6-11-8(2)13-10/h6-7,9,12H,3-5H2,1-2H3,(H,11,13). The number of hydrogen-bond acceptors (Lipinski definition) is 3. The maximum absolute atomic E-state index is 11.8. The molecule has 1 aromatic heterocycles. The lowest BCUT2D eigenvalue weighted by Gasteiger charge is -2.10. The van der Waals surface area contributed by atoms with E-state index in [2.05, 4.69) is 21.6 Å². The summed E-state index contributed by atoms with van der Waals surface area (Å²) < 4.78 is 26.2.